The lowest BCUT2D eigenvalue weighted by atomic mass is 10.3. The van der Waals surface area contributed by atoms with Gasteiger partial charge in [-0.2, -0.15) is 0 Å². The standard InChI is InChI=1S/C16H24N4S/c1-4-9-17-10-15-11-18-16(21-15)20(5-2)12-14-8-6-7-13(3)19-14/h6-8,11,17H,4-5,9-10,12H2,1-3H3. The fourth-order valence-electron chi connectivity index (χ4n) is 2.11. The van der Waals surface area contributed by atoms with Crippen molar-refractivity contribution >= 4 is 16.5 Å². The number of pyridine rings is 1. The summed E-state index contributed by atoms with van der Waals surface area (Å²) in [4.78, 5) is 12.7. The van der Waals surface area contributed by atoms with Crippen molar-refractivity contribution in [1.29, 1.82) is 0 Å². The third kappa shape index (κ3) is 4.79. The Kier molecular flexibility index (Phi) is 6.14. The molecule has 0 amide bonds. The van der Waals surface area contributed by atoms with Gasteiger partial charge in [0.05, 0.1) is 12.2 Å². The smallest absolute Gasteiger partial charge is 0.185 e. The number of nitrogens with one attached hydrogen (secondary N) is 1. The van der Waals surface area contributed by atoms with E-state index in [1.807, 2.05) is 19.2 Å². The van der Waals surface area contributed by atoms with Crippen LogP contribution in [0, 0.1) is 6.92 Å². The van der Waals surface area contributed by atoms with Crippen molar-refractivity contribution < 1.29 is 0 Å². The summed E-state index contributed by atoms with van der Waals surface area (Å²) < 4.78 is 0. The molecular weight excluding hydrogens is 280 g/mol. The summed E-state index contributed by atoms with van der Waals surface area (Å²) in [5.74, 6) is 0. The van der Waals surface area contributed by atoms with Crippen molar-refractivity contribution in [2.24, 2.45) is 0 Å². The summed E-state index contributed by atoms with van der Waals surface area (Å²) in [6.07, 6.45) is 3.14. The van der Waals surface area contributed by atoms with Gasteiger partial charge in [-0.25, -0.2) is 4.98 Å². The maximum absolute atomic E-state index is 4.58. The van der Waals surface area contributed by atoms with Crippen LogP contribution in [-0.4, -0.2) is 23.1 Å². The minimum atomic E-state index is 0.813. The predicted molar refractivity (Wildman–Crippen MR) is 89.8 cm³/mol. The molecule has 2 rings (SSSR count). The van der Waals surface area contributed by atoms with E-state index in [-0.39, 0.29) is 0 Å². The van der Waals surface area contributed by atoms with Gasteiger partial charge in [0.25, 0.3) is 0 Å². The zero-order chi connectivity index (χ0) is 15.1. The number of aryl methyl sites for hydroxylation is 1. The molecule has 0 aliphatic rings. The van der Waals surface area contributed by atoms with Crippen LogP contribution in [0.3, 0.4) is 0 Å². The number of hydrogen-bond donors (Lipinski definition) is 1. The number of anilines is 1. The topological polar surface area (TPSA) is 41.1 Å². The number of aromatic nitrogens is 2. The molecule has 1 N–H and O–H groups in total. The maximum atomic E-state index is 4.58. The summed E-state index contributed by atoms with van der Waals surface area (Å²) in [7, 11) is 0. The first-order valence-corrected chi connectivity index (χ1v) is 8.37. The van der Waals surface area contributed by atoms with Gasteiger partial charge < -0.3 is 10.2 Å². The molecule has 0 fully saturated rings. The van der Waals surface area contributed by atoms with Crippen molar-refractivity contribution in [3.63, 3.8) is 0 Å². The predicted octanol–water partition coefficient (Wildman–Crippen LogP) is 3.37. The van der Waals surface area contributed by atoms with Crippen LogP contribution in [-0.2, 0) is 13.1 Å². The molecule has 0 atom stereocenters. The normalized spacial score (nSPS) is 10.8. The molecule has 2 aromatic heterocycles. The van der Waals surface area contributed by atoms with E-state index in [1.165, 1.54) is 4.88 Å². The Labute approximate surface area is 131 Å². The van der Waals surface area contributed by atoms with E-state index in [0.29, 0.717) is 0 Å². The van der Waals surface area contributed by atoms with Gasteiger partial charge in [0, 0.05) is 29.9 Å². The second-order valence-corrected chi connectivity index (χ2v) is 6.16. The van der Waals surface area contributed by atoms with Crippen LogP contribution in [0.2, 0.25) is 0 Å². The van der Waals surface area contributed by atoms with E-state index in [2.05, 4.69) is 46.2 Å². The highest BCUT2D eigenvalue weighted by Crippen LogP contribution is 2.23. The van der Waals surface area contributed by atoms with Crippen LogP contribution in [0.15, 0.2) is 24.4 Å². The molecule has 4 nitrogen and oxygen atoms in total. The highest BCUT2D eigenvalue weighted by Gasteiger charge is 2.11. The quantitative estimate of drug-likeness (QED) is 0.759. The molecule has 0 radical (unpaired) electrons. The minimum absolute atomic E-state index is 0.813. The molecule has 0 unspecified atom stereocenters. The summed E-state index contributed by atoms with van der Waals surface area (Å²) in [6, 6.07) is 6.17. The maximum Gasteiger partial charge on any atom is 0.185 e. The summed E-state index contributed by atoms with van der Waals surface area (Å²) in [6.45, 7) is 10.1. The molecule has 0 saturated heterocycles. The number of hydrogen-bond acceptors (Lipinski definition) is 5. The lowest BCUT2D eigenvalue weighted by Crippen LogP contribution is -2.22. The van der Waals surface area contributed by atoms with Gasteiger partial charge in [-0.1, -0.05) is 13.0 Å². The lowest BCUT2D eigenvalue weighted by molar-refractivity contribution is 0.681. The Morgan fingerprint density at radius 2 is 2.14 bits per heavy atom. The van der Waals surface area contributed by atoms with Crippen molar-refractivity contribution in [1.82, 2.24) is 15.3 Å². The fourth-order valence-corrected chi connectivity index (χ4v) is 3.05. The van der Waals surface area contributed by atoms with E-state index in [0.717, 1.165) is 49.1 Å². The zero-order valence-electron chi connectivity index (χ0n) is 13.1. The first-order valence-electron chi connectivity index (χ1n) is 7.55. The van der Waals surface area contributed by atoms with Gasteiger partial charge in [0.2, 0.25) is 0 Å². The SMILES string of the molecule is CCCNCc1cnc(N(CC)Cc2cccc(C)n2)s1. The van der Waals surface area contributed by atoms with E-state index < -0.39 is 0 Å². The van der Waals surface area contributed by atoms with E-state index in [4.69, 9.17) is 0 Å². The van der Waals surface area contributed by atoms with Gasteiger partial charge in [0.1, 0.15) is 0 Å². The molecule has 0 aliphatic heterocycles. The van der Waals surface area contributed by atoms with Gasteiger partial charge in [-0.05, 0) is 38.9 Å². The van der Waals surface area contributed by atoms with Crippen LogP contribution < -0.4 is 10.2 Å². The largest absolute Gasteiger partial charge is 0.342 e. The van der Waals surface area contributed by atoms with Gasteiger partial charge in [-0.3, -0.25) is 4.98 Å². The van der Waals surface area contributed by atoms with Gasteiger partial charge in [-0.15, -0.1) is 11.3 Å². The van der Waals surface area contributed by atoms with Crippen molar-refractivity contribution in [2.45, 2.75) is 40.3 Å². The van der Waals surface area contributed by atoms with Crippen LogP contribution in [0.25, 0.3) is 0 Å². The zero-order valence-corrected chi connectivity index (χ0v) is 13.9. The monoisotopic (exact) mass is 304 g/mol. The summed E-state index contributed by atoms with van der Waals surface area (Å²) in [5.41, 5.74) is 2.16. The van der Waals surface area contributed by atoms with Crippen LogP contribution >= 0.6 is 11.3 Å². The number of rotatable bonds is 8. The van der Waals surface area contributed by atoms with Crippen LogP contribution in [0.5, 0.6) is 0 Å². The highest BCUT2D eigenvalue weighted by atomic mass is 32.1. The molecule has 2 heterocycles. The van der Waals surface area contributed by atoms with Gasteiger partial charge >= 0.3 is 0 Å². The van der Waals surface area contributed by atoms with E-state index in [1.54, 1.807) is 11.3 Å². The molecule has 0 bridgehead atoms. The molecule has 114 valence electrons. The molecular formula is C16H24N4S. The van der Waals surface area contributed by atoms with Crippen LogP contribution in [0.4, 0.5) is 5.13 Å². The van der Waals surface area contributed by atoms with Crippen molar-refractivity contribution in [3.8, 4) is 0 Å². The highest BCUT2D eigenvalue weighted by molar-refractivity contribution is 7.15. The van der Waals surface area contributed by atoms with E-state index in [9.17, 15) is 0 Å². The first kappa shape index (κ1) is 15.9. The van der Waals surface area contributed by atoms with Crippen molar-refractivity contribution in [2.75, 3.05) is 18.0 Å². The second-order valence-electron chi connectivity index (χ2n) is 5.07. The Balaban J connectivity index is 2.00. The Morgan fingerprint density at radius 3 is 2.86 bits per heavy atom. The third-order valence-corrected chi connectivity index (χ3v) is 4.28. The number of thiazole rings is 1. The van der Waals surface area contributed by atoms with Crippen LogP contribution in [0.1, 0.15) is 36.5 Å². The first-order chi connectivity index (χ1) is 10.2. The molecule has 21 heavy (non-hydrogen) atoms. The fraction of sp³-hybridized carbons (Fsp3) is 0.500. The van der Waals surface area contributed by atoms with Gasteiger partial charge in [0.15, 0.2) is 5.13 Å². The average Bonchev–Trinajstić information content (AvgIpc) is 2.94. The van der Waals surface area contributed by atoms with E-state index >= 15 is 0 Å². The number of nitrogens with zero attached hydrogens (tertiary/aromatic N) is 3. The summed E-state index contributed by atoms with van der Waals surface area (Å²) >= 11 is 1.76. The Bertz CT molecular complexity index is 553. The molecule has 0 spiro atoms. The molecule has 5 heteroatoms. The molecule has 0 aliphatic carbocycles. The molecule has 0 aromatic carbocycles. The molecule has 2 aromatic rings. The lowest BCUT2D eigenvalue weighted by Gasteiger charge is -2.19. The third-order valence-electron chi connectivity index (χ3n) is 3.22. The Morgan fingerprint density at radius 1 is 1.29 bits per heavy atom. The van der Waals surface area contributed by atoms with Crippen molar-refractivity contribution in [3.05, 3.63) is 40.7 Å². The average molecular weight is 304 g/mol. The Hall–Kier alpha value is -1.46. The minimum Gasteiger partial charge on any atom is -0.342 e. The molecule has 0 saturated carbocycles. The second kappa shape index (κ2) is 8.10. The summed E-state index contributed by atoms with van der Waals surface area (Å²) in [5, 5.41) is 4.50.